The van der Waals surface area contributed by atoms with Crippen LogP contribution in [0.2, 0.25) is 0 Å². The Morgan fingerprint density at radius 1 is 1.40 bits per heavy atom. The molecular weight excluding hydrogens is 257 g/mol. The summed E-state index contributed by atoms with van der Waals surface area (Å²) in [7, 11) is 3.52. The molecule has 3 nitrogen and oxygen atoms in total. The van der Waals surface area contributed by atoms with Gasteiger partial charge in [0.15, 0.2) is 0 Å². The highest BCUT2D eigenvalue weighted by Gasteiger charge is 2.49. The van der Waals surface area contributed by atoms with Gasteiger partial charge in [-0.15, -0.1) is 0 Å². The highest BCUT2D eigenvalue weighted by molar-refractivity contribution is 5.75. The van der Waals surface area contributed by atoms with Crippen molar-refractivity contribution >= 4 is 5.97 Å². The molecule has 0 spiro atoms. The minimum absolute atomic E-state index is 0.0619. The maximum Gasteiger partial charge on any atom is 0.310 e. The molecule has 2 aliphatic heterocycles. The molecule has 1 aromatic carbocycles. The van der Waals surface area contributed by atoms with Crippen molar-refractivity contribution in [1.29, 1.82) is 0 Å². The highest BCUT2D eigenvalue weighted by Crippen LogP contribution is 2.46. The van der Waals surface area contributed by atoms with Crippen molar-refractivity contribution < 1.29 is 13.9 Å². The van der Waals surface area contributed by atoms with E-state index >= 15 is 0 Å². The minimum Gasteiger partial charge on any atom is -0.469 e. The van der Waals surface area contributed by atoms with E-state index in [1.807, 2.05) is 6.07 Å². The number of esters is 1. The molecule has 3 rings (SSSR count). The van der Waals surface area contributed by atoms with Crippen LogP contribution in [0.15, 0.2) is 24.3 Å². The molecule has 2 saturated heterocycles. The molecule has 0 aliphatic carbocycles. The smallest absolute Gasteiger partial charge is 0.310 e. The number of nitrogens with zero attached hydrogens (tertiary/aromatic N) is 1. The summed E-state index contributed by atoms with van der Waals surface area (Å²) < 4.78 is 18.5. The Morgan fingerprint density at radius 2 is 2.20 bits per heavy atom. The number of carbonyl (C=O) groups excluding carboxylic acids is 1. The van der Waals surface area contributed by atoms with Gasteiger partial charge in [-0.3, -0.25) is 9.69 Å². The number of hydrogen-bond donors (Lipinski definition) is 0. The van der Waals surface area contributed by atoms with Gasteiger partial charge in [0.05, 0.1) is 13.0 Å². The predicted molar refractivity (Wildman–Crippen MR) is 73.8 cm³/mol. The summed E-state index contributed by atoms with van der Waals surface area (Å²) in [6.07, 6.45) is 3.03. The molecule has 0 saturated carbocycles. The highest BCUT2D eigenvalue weighted by atomic mass is 19.1. The van der Waals surface area contributed by atoms with Gasteiger partial charge >= 0.3 is 5.97 Å². The number of hydrogen-bond acceptors (Lipinski definition) is 3. The van der Waals surface area contributed by atoms with E-state index in [9.17, 15) is 9.18 Å². The van der Waals surface area contributed by atoms with Crippen LogP contribution in [-0.2, 0) is 9.53 Å². The lowest BCUT2D eigenvalue weighted by Crippen LogP contribution is -2.49. The average molecular weight is 277 g/mol. The van der Waals surface area contributed by atoms with Gasteiger partial charge in [-0.2, -0.15) is 0 Å². The van der Waals surface area contributed by atoms with Gasteiger partial charge in [-0.05, 0) is 44.0 Å². The van der Waals surface area contributed by atoms with Gasteiger partial charge < -0.3 is 4.74 Å². The number of fused-ring (bicyclic) bond motifs is 2. The third kappa shape index (κ3) is 2.12. The first-order valence-electron chi connectivity index (χ1n) is 7.17. The first kappa shape index (κ1) is 13.6. The lowest BCUT2D eigenvalue weighted by molar-refractivity contribution is -0.150. The van der Waals surface area contributed by atoms with E-state index in [1.54, 1.807) is 12.1 Å². The Kier molecular flexibility index (Phi) is 3.50. The summed E-state index contributed by atoms with van der Waals surface area (Å²) in [6, 6.07) is 7.36. The zero-order valence-electron chi connectivity index (χ0n) is 11.9. The fourth-order valence-electron chi connectivity index (χ4n) is 4.00. The number of methoxy groups -OCH3 is 1. The number of halogens is 1. The van der Waals surface area contributed by atoms with Crippen LogP contribution < -0.4 is 0 Å². The van der Waals surface area contributed by atoms with Gasteiger partial charge in [0.2, 0.25) is 0 Å². The van der Waals surface area contributed by atoms with E-state index in [-0.39, 0.29) is 29.7 Å². The van der Waals surface area contributed by atoms with Crippen molar-refractivity contribution in [3.63, 3.8) is 0 Å². The van der Waals surface area contributed by atoms with Crippen LogP contribution >= 0.6 is 0 Å². The van der Waals surface area contributed by atoms with Crippen LogP contribution in [0.4, 0.5) is 4.39 Å². The summed E-state index contributed by atoms with van der Waals surface area (Å²) in [5.74, 6) is -0.536. The van der Waals surface area contributed by atoms with Gasteiger partial charge in [-0.1, -0.05) is 12.1 Å². The van der Waals surface area contributed by atoms with Gasteiger partial charge in [-0.25, -0.2) is 4.39 Å². The van der Waals surface area contributed by atoms with Gasteiger partial charge in [0.25, 0.3) is 0 Å². The fourth-order valence-corrected chi connectivity index (χ4v) is 4.00. The van der Waals surface area contributed by atoms with Crippen molar-refractivity contribution in [3.05, 3.63) is 35.6 Å². The molecule has 0 radical (unpaired) electrons. The Morgan fingerprint density at radius 3 is 2.90 bits per heavy atom. The molecule has 2 fully saturated rings. The Hall–Kier alpha value is -1.42. The van der Waals surface area contributed by atoms with Crippen molar-refractivity contribution in [3.8, 4) is 0 Å². The summed E-state index contributed by atoms with van der Waals surface area (Å²) in [5, 5.41) is 0. The first-order valence-corrected chi connectivity index (χ1v) is 7.17. The maximum atomic E-state index is 13.5. The number of ether oxygens (including phenoxy) is 1. The SMILES string of the molecule is COC(=O)[C@H]1[C@@H](c2cccc(F)c2)C[C@@H]2CC[C@H]1N2C. The molecule has 0 amide bonds. The van der Waals surface area contributed by atoms with Crippen molar-refractivity contribution in [2.45, 2.75) is 37.3 Å². The lowest BCUT2D eigenvalue weighted by Gasteiger charge is -2.41. The summed E-state index contributed by atoms with van der Waals surface area (Å²) in [4.78, 5) is 14.5. The standard InChI is InChI=1S/C16H20FNO2/c1-18-12-6-7-14(18)15(16(19)20-2)13(9-12)10-4-3-5-11(17)8-10/h3-5,8,12-15H,6-7,9H2,1-2H3/t12-,13+,14+,15-/m0/s1. The molecule has 0 N–H and O–H groups in total. The second kappa shape index (κ2) is 5.17. The summed E-state index contributed by atoms with van der Waals surface area (Å²) >= 11 is 0. The largest absolute Gasteiger partial charge is 0.469 e. The predicted octanol–water partition coefficient (Wildman–Crippen LogP) is 2.57. The third-order valence-electron chi connectivity index (χ3n) is 5.02. The molecule has 108 valence electrons. The third-order valence-corrected chi connectivity index (χ3v) is 5.02. The van der Waals surface area contributed by atoms with E-state index < -0.39 is 0 Å². The zero-order chi connectivity index (χ0) is 14.3. The van der Waals surface area contributed by atoms with E-state index in [0.29, 0.717) is 6.04 Å². The van der Waals surface area contributed by atoms with Crippen LogP contribution in [0.1, 0.15) is 30.7 Å². The normalized spacial score (nSPS) is 33.1. The van der Waals surface area contributed by atoms with Crippen molar-refractivity contribution in [2.24, 2.45) is 5.92 Å². The van der Waals surface area contributed by atoms with Crippen molar-refractivity contribution in [1.82, 2.24) is 4.90 Å². The number of benzene rings is 1. The Balaban J connectivity index is 1.97. The molecule has 0 aromatic heterocycles. The molecule has 1 aromatic rings. The van der Waals surface area contributed by atoms with E-state index in [0.717, 1.165) is 24.8 Å². The van der Waals surface area contributed by atoms with Crippen LogP contribution in [-0.4, -0.2) is 37.1 Å². The quantitative estimate of drug-likeness (QED) is 0.778. The Bertz CT molecular complexity index is 519. The molecule has 2 aliphatic rings. The minimum atomic E-state index is -0.239. The van der Waals surface area contributed by atoms with E-state index in [1.165, 1.54) is 13.2 Å². The lowest BCUT2D eigenvalue weighted by atomic mass is 9.76. The monoisotopic (exact) mass is 277 g/mol. The van der Waals surface area contributed by atoms with Crippen LogP contribution in [0.3, 0.4) is 0 Å². The number of piperidine rings is 1. The number of rotatable bonds is 2. The van der Waals surface area contributed by atoms with E-state index in [4.69, 9.17) is 4.74 Å². The van der Waals surface area contributed by atoms with Crippen LogP contribution in [0.25, 0.3) is 0 Å². The topological polar surface area (TPSA) is 29.5 Å². The van der Waals surface area contributed by atoms with Gasteiger partial charge in [0.1, 0.15) is 5.82 Å². The maximum absolute atomic E-state index is 13.5. The van der Waals surface area contributed by atoms with Crippen molar-refractivity contribution in [2.75, 3.05) is 14.2 Å². The summed E-state index contributed by atoms with van der Waals surface area (Å²) in [5.41, 5.74) is 0.922. The average Bonchev–Trinajstić information content (AvgIpc) is 2.69. The summed E-state index contributed by atoms with van der Waals surface area (Å²) in [6.45, 7) is 0. The zero-order valence-corrected chi connectivity index (χ0v) is 11.9. The van der Waals surface area contributed by atoms with E-state index in [2.05, 4.69) is 11.9 Å². The fraction of sp³-hybridized carbons (Fsp3) is 0.562. The molecule has 20 heavy (non-hydrogen) atoms. The van der Waals surface area contributed by atoms with Crippen LogP contribution in [0.5, 0.6) is 0 Å². The molecule has 4 atom stereocenters. The molecule has 0 unspecified atom stereocenters. The Labute approximate surface area is 118 Å². The van der Waals surface area contributed by atoms with Crippen LogP contribution in [0, 0.1) is 11.7 Å². The molecular formula is C16H20FNO2. The second-order valence-electron chi connectivity index (χ2n) is 5.91. The molecule has 4 heteroatoms. The molecule has 2 bridgehead atoms. The molecule has 2 heterocycles. The first-order chi connectivity index (χ1) is 9.61. The second-order valence-corrected chi connectivity index (χ2v) is 5.91. The van der Waals surface area contributed by atoms with Gasteiger partial charge in [0, 0.05) is 18.0 Å². The number of carbonyl (C=O) groups is 1.